The van der Waals surface area contributed by atoms with E-state index in [1.165, 1.54) is 12.1 Å². The third-order valence-electron chi connectivity index (χ3n) is 3.92. The number of sulfonamides is 1. The summed E-state index contributed by atoms with van der Waals surface area (Å²) in [7, 11) is -3.77. The smallest absolute Gasteiger partial charge is 0.212 e. The van der Waals surface area contributed by atoms with E-state index >= 15 is 0 Å². The summed E-state index contributed by atoms with van der Waals surface area (Å²) in [5, 5.41) is 0. The molecular weight excluding hydrogens is 417 g/mol. The molecule has 0 aliphatic carbocycles. The molecular formula is C20H17BrFNO2S. The minimum atomic E-state index is -3.77. The van der Waals surface area contributed by atoms with E-state index in [2.05, 4.69) is 20.7 Å². The van der Waals surface area contributed by atoms with Gasteiger partial charge in [-0.15, -0.1) is 0 Å². The predicted octanol–water partition coefficient (Wildman–Crippen LogP) is 4.80. The van der Waals surface area contributed by atoms with Crippen molar-refractivity contribution in [1.82, 2.24) is 4.72 Å². The van der Waals surface area contributed by atoms with Crippen LogP contribution in [0.1, 0.15) is 22.7 Å². The first-order chi connectivity index (χ1) is 12.4. The lowest BCUT2D eigenvalue weighted by Gasteiger charge is -2.20. The maximum absolute atomic E-state index is 14.0. The van der Waals surface area contributed by atoms with Gasteiger partial charge in [0.25, 0.3) is 0 Å². The summed E-state index contributed by atoms with van der Waals surface area (Å²) in [4.78, 5) is 0. The summed E-state index contributed by atoms with van der Waals surface area (Å²) in [6.07, 6.45) is 0. The molecule has 3 rings (SSSR count). The number of benzene rings is 3. The Morgan fingerprint density at radius 3 is 1.92 bits per heavy atom. The second-order valence-electron chi connectivity index (χ2n) is 5.87. The Bertz CT molecular complexity index is 940. The van der Waals surface area contributed by atoms with E-state index in [1.807, 2.05) is 60.7 Å². The largest absolute Gasteiger partial charge is 0.216 e. The van der Waals surface area contributed by atoms with Crippen molar-refractivity contribution >= 4 is 26.0 Å². The Morgan fingerprint density at radius 2 is 1.42 bits per heavy atom. The zero-order valence-corrected chi connectivity index (χ0v) is 16.2. The maximum Gasteiger partial charge on any atom is 0.216 e. The quantitative estimate of drug-likeness (QED) is 0.606. The Balaban J connectivity index is 1.90. The van der Waals surface area contributed by atoms with Gasteiger partial charge in [0.05, 0.1) is 11.8 Å². The van der Waals surface area contributed by atoms with Crippen molar-refractivity contribution < 1.29 is 12.8 Å². The number of rotatable bonds is 6. The highest BCUT2D eigenvalue weighted by molar-refractivity contribution is 9.10. The molecule has 0 atom stereocenters. The van der Waals surface area contributed by atoms with Gasteiger partial charge < -0.3 is 0 Å². The zero-order valence-electron chi connectivity index (χ0n) is 13.8. The van der Waals surface area contributed by atoms with Gasteiger partial charge in [-0.2, -0.15) is 0 Å². The molecule has 1 N–H and O–H groups in total. The molecule has 0 fully saturated rings. The van der Waals surface area contributed by atoms with Crippen molar-refractivity contribution in [1.29, 1.82) is 0 Å². The fraction of sp³-hybridized carbons (Fsp3) is 0.100. The van der Waals surface area contributed by atoms with Crippen LogP contribution in [-0.2, 0) is 15.8 Å². The van der Waals surface area contributed by atoms with E-state index in [4.69, 9.17) is 0 Å². The summed E-state index contributed by atoms with van der Waals surface area (Å²) in [5.74, 6) is -0.983. The van der Waals surface area contributed by atoms with Crippen LogP contribution in [0, 0.1) is 5.82 Å². The molecule has 0 spiro atoms. The summed E-state index contributed by atoms with van der Waals surface area (Å²) >= 11 is 3.17. The minimum Gasteiger partial charge on any atom is -0.212 e. The fourth-order valence-electron chi connectivity index (χ4n) is 2.68. The van der Waals surface area contributed by atoms with Crippen LogP contribution in [0.3, 0.4) is 0 Å². The van der Waals surface area contributed by atoms with Crippen LogP contribution in [0.15, 0.2) is 83.3 Å². The number of halogens is 2. The Kier molecular flexibility index (Phi) is 5.86. The second kappa shape index (κ2) is 8.12. The van der Waals surface area contributed by atoms with Gasteiger partial charge in [0, 0.05) is 10.0 Å². The molecule has 3 aromatic carbocycles. The van der Waals surface area contributed by atoms with Crippen LogP contribution < -0.4 is 4.72 Å². The lowest BCUT2D eigenvalue weighted by atomic mass is 10.00. The van der Waals surface area contributed by atoms with E-state index in [9.17, 15) is 12.8 Å². The standard InChI is InChI=1S/C20H17BrFNO2S/c21-18-12-11-17(19(22)13-18)14-26(24,25)23-20(15-7-3-1-4-8-15)16-9-5-2-6-10-16/h1-13,20,23H,14H2. The molecule has 0 saturated carbocycles. The lowest BCUT2D eigenvalue weighted by Crippen LogP contribution is -2.30. The second-order valence-corrected chi connectivity index (χ2v) is 8.54. The summed E-state index contributed by atoms with van der Waals surface area (Å²) in [6, 6.07) is 22.4. The average Bonchev–Trinajstić information content (AvgIpc) is 2.64. The van der Waals surface area contributed by atoms with E-state index in [-0.39, 0.29) is 5.56 Å². The molecule has 0 bridgehead atoms. The topological polar surface area (TPSA) is 46.2 Å². The minimum absolute atomic E-state index is 0.126. The zero-order chi connectivity index (χ0) is 18.6. The van der Waals surface area contributed by atoms with Crippen molar-refractivity contribution in [3.05, 3.63) is 106 Å². The molecule has 134 valence electrons. The van der Waals surface area contributed by atoms with Crippen LogP contribution >= 0.6 is 15.9 Å². The van der Waals surface area contributed by atoms with Crippen LogP contribution in [0.2, 0.25) is 0 Å². The lowest BCUT2D eigenvalue weighted by molar-refractivity contribution is 0.566. The van der Waals surface area contributed by atoms with E-state index in [0.29, 0.717) is 4.47 Å². The molecule has 0 radical (unpaired) electrons. The number of nitrogens with one attached hydrogen (secondary N) is 1. The van der Waals surface area contributed by atoms with Gasteiger partial charge in [0.2, 0.25) is 10.0 Å². The van der Waals surface area contributed by atoms with Gasteiger partial charge in [0.15, 0.2) is 0 Å². The SMILES string of the molecule is O=S(=O)(Cc1ccc(Br)cc1F)NC(c1ccccc1)c1ccccc1. The maximum atomic E-state index is 14.0. The van der Waals surface area contributed by atoms with Gasteiger partial charge in [-0.25, -0.2) is 17.5 Å². The molecule has 26 heavy (non-hydrogen) atoms. The van der Waals surface area contributed by atoms with Crippen LogP contribution in [0.5, 0.6) is 0 Å². The van der Waals surface area contributed by atoms with Gasteiger partial charge in [0.1, 0.15) is 5.82 Å². The first kappa shape index (κ1) is 18.8. The molecule has 3 aromatic rings. The summed E-state index contributed by atoms with van der Waals surface area (Å²) < 4.78 is 42.7. The average molecular weight is 434 g/mol. The van der Waals surface area contributed by atoms with Gasteiger partial charge in [-0.1, -0.05) is 82.7 Å². The van der Waals surface area contributed by atoms with Gasteiger partial charge >= 0.3 is 0 Å². The monoisotopic (exact) mass is 433 g/mol. The molecule has 0 amide bonds. The molecule has 0 aliphatic heterocycles. The third kappa shape index (κ3) is 4.78. The fourth-order valence-corrected chi connectivity index (χ4v) is 4.38. The van der Waals surface area contributed by atoms with E-state index < -0.39 is 27.6 Å². The highest BCUT2D eigenvalue weighted by Crippen LogP contribution is 2.24. The normalized spacial score (nSPS) is 11.7. The molecule has 6 heteroatoms. The summed E-state index contributed by atoms with van der Waals surface area (Å²) in [6.45, 7) is 0. The third-order valence-corrected chi connectivity index (χ3v) is 5.70. The van der Waals surface area contributed by atoms with Crippen molar-refractivity contribution in [2.24, 2.45) is 0 Å². The molecule has 3 nitrogen and oxygen atoms in total. The Hall–Kier alpha value is -2.02. The number of hydrogen-bond donors (Lipinski definition) is 1. The first-order valence-corrected chi connectivity index (χ1v) is 10.4. The Morgan fingerprint density at radius 1 is 0.885 bits per heavy atom. The predicted molar refractivity (Wildman–Crippen MR) is 105 cm³/mol. The molecule has 0 aromatic heterocycles. The van der Waals surface area contributed by atoms with Gasteiger partial charge in [-0.3, -0.25) is 0 Å². The van der Waals surface area contributed by atoms with Crippen molar-refractivity contribution in [2.75, 3.05) is 0 Å². The van der Waals surface area contributed by atoms with Crippen molar-refractivity contribution in [3.8, 4) is 0 Å². The molecule has 0 heterocycles. The molecule has 0 saturated heterocycles. The van der Waals surface area contributed by atoms with E-state index in [0.717, 1.165) is 11.1 Å². The van der Waals surface area contributed by atoms with Crippen LogP contribution in [-0.4, -0.2) is 8.42 Å². The first-order valence-electron chi connectivity index (χ1n) is 7.98. The molecule has 0 aliphatic rings. The van der Waals surface area contributed by atoms with Crippen LogP contribution in [0.4, 0.5) is 4.39 Å². The highest BCUT2D eigenvalue weighted by Gasteiger charge is 2.22. The molecule has 0 unspecified atom stereocenters. The van der Waals surface area contributed by atoms with Crippen molar-refractivity contribution in [3.63, 3.8) is 0 Å². The van der Waals surface area contributed by atoms with Crippen molar-refractivity contribution in [2.45, 2.75) is 11.8 Å². The number of hydrogen-bond acceptors (Lipinski definition) is 2. The Labute approximate surface area is 161 Å². The van der Waals surface area contributed by atoms with Gasteiger partial charge in [-0.05, 0) is 23.3 Å². The van der Waals surface area contributed by atoms with Crippen LogP contribution in [0.25, 0.3) is 0 Å². The summed E-state index contributed by atoms with van der Waals surface area (Å²) in [5.41, 5.74) is 1.76. The van der Waals surface area contributed by atoms with E-state index in [1.54, 1.807) is 6.07 Å². The highest BCUT2D eigenvalue weighted by atomic mass is 79.9.